The first-order valence-corrected chi connectivity index (χ1v) is 9.85. The second kappa shape index (κ2) is 8.18. The van der Waals surface area contributed by atoms with E-state index in [0.717, 1.165) is 16.8 Å². The zero-order valence-corrected chi connectivity index (χ0v) is 16.1. The first kappa shape index (κ1) is 18.1. The van der Waals surface area contributed by atoms with Crippen LogP contribution in [-0.2, 0) is 17.8 Å². The first-order chi connectivity index (χ1) is 13.7. The van der Waals surface area contributed by atoms with Crippen LogP contribution in [0.25, 0.3) is 11.4 Å². The molecule has 3 heterocycles. The van der Waals surface area contributed by atoms with Crippen LogP contribution in [0.1, 0.15) is 23.6 Å². The van der Waals surface area contributed by atoms with E-state index in [9.17, 15) is 4.79 Å². The van der Waals surface area contributed by atoms with E-state index < -0.39 is 0 Å². The standard InChI is InChI=1S/C20H19N5O2S/c1-14-11-17(25(23-14)12-15-5-3-2-4-6-15)21-18(26)7-8-19-22-20(24-27-19)16-9-10-28-13-16/h2-6,9-11,13H,7-8,12H2,1H3,(H,21,26). The van der Waals surface area contributed by atoms with Crippen molar-refractivity contribution in [1.82, 2.24) is 19.9 Å². The lowest BCUT2D eigenvalue weighted by Crippen LogP contribution is -2.16. The lowest BCUT2D eigenvalue weighted by atomic mass is 10.2. The Morgan fingerprint density at radius 2 is 2.11 bits per heavy atom. The molecule has 0 saturated carbocycles. The molecule has 28 heavy (non-hydrogen) atoms. The minimum Gasteiger partial charge on any atom is -0.339 e. The van der Waals surface area contributed by atoms with Gasteiger partial charge in [-0.3, -0.25) is 4.79 Å². The molecular formula is C20H19N5O2S. The van der Waals surface area contributed by atoms with E-state index in [4.69, 9.17) is 4.52 Å². The number of rotatable bonds is 7. The Hall–Kier alpha value is -3.26. The maximum Gasteiger partial charge on any atom is 0.227 e. The topological polar surface area (TPSA) is 85.8 Å². The predicted molar refractivity (Wildman–Crippen MR) is 107 cm³/mol. The molecule has 0 fully saturated rings. The van der Waals surface area contributed by atoms with Crippen molar-refractivity contribution < 1.29 is 9.32 Å². The molecule has 1 N–H and O–H groups in total. The van der Waals surface area contributed by atoms with Crippen LogP contribution in [0.3, 0.4) is 0 Å². The third kappa shape index (κ3) is 4.34. The minimum atomic E-state index is -0.121. The van der Waals surface area contributed by atoms with Crippen LogP contribution in [0, 0.1) is 6.92 Å². The normalized spacial score (nSPS) is 10.9. The molecule has 1 amide bonds. The molecule has 3 aromatic heterocycles. The highest BCUT2D eigenvalue weighted by Gasteiger charge is 2.13. The van der Waals surface area contributed by atoms with E-state index in [0.29, 0.717) is 30.5 Å². The van der Waals surface area contributed by atoms with Crippen molar-refractivity contribution in [3.63, 3.8) is 0 Å². The molecule has 0 bridgehead atoms. The molecule has 0 radical (unpaired) electrons. The summed E-state index contributed by atoms with van der Waals surface area (Å²) in [6.07, 6.45) is 0.635. The summed E-state index contributed by atoms with van der Waals surface area (Å²) in [6, 6.07) is 13.8. The molecular weight excluding hydrogens is 374 g/mol. The number of carbonyl (C=O) groups is 1. The third-order valence-corrected chi connectivity index (χ3v) is 4.84. The number of nitrogens with zero attached hydrogens (tertiary/aromatic N) is 4. The van der Waals surface area contributed by atoms with Crippen LogP contribution >= 0.6 is 11.3 Å². The number of nitrogens with one attached hydrogen (secondary N) is 1. The summed E-state index contributed by atoms with van der Waals surface area (Å²) in [7, 11) is 0. The van der Waals surface area contributed by atoms with Crippen LogP contribution < -0.4 is 5.32 Å². The summed E-state index contributed by atoms with van der Waals surface area (Å²) in [5, 5.41) is 15.3. The third-order valence-electron chi connectivity index (χ3n) is 4.16. The Balaban J connectivity index is 1.36. The van der Waals surface area contributed by atoms with Gasteiger partial charge in [-0.25, -0.2) is 4.68 Å². The average molecular weight is 393 g/mol. The van der Waals surface area contributed by atoms with Gasteiger partial charge in [-0.1, -0.05) is 35.5 Å². The van der Waals surface area contributed by atoms with Gasteiger partial charge in [-0.05, 0) is 23.9 Å². The molecule has 0 aliphatic heterocycles. The van der Waals surface area contributed by atoms with Crippen molar-refractivity contribution in [2.45, 2.75) is 26.3 Å². The summed E-state index contributed by atoms with van der Waals surface area (Å²) in [5.41, 5.74) is 2.89. The molecule has 142 valence electrons. The zero-order chi connectivity index (χ0) is 19.3. The van der Waals surface area contributed by atoms with Crippen molar-refractivity contribution in [2.75, 3.05) is 5.32 Å². The fourth-order valence-corrected chi connectivity index (χ4v) is 3.45. The number of carbonyl (C=O) groups excluding carboxylic acids is 1. The van der Waals surface area contributed by atoms with E-state index in [1.165, 1.54) is 0 Å². The SMILES string of the molecule is Cc1cc(NC(=O)CCc2nc(-c3ccsc3)no2)n(Cc2ccccc2)n1. The minimum absolute atomic E-state index is 0.121. The molecule has 0 saturated heterocycles. The number of hydrogen-bond acceptors (Lipinski definition) is 6. The number of amides is 1. The molecule has 7 nitrogen and oxygen atoms in total. The monoisotopic (exact) mass is 393 g/mol. The van der Waals surface area contributed by atoms with E-state index in [2.05, 4.69) is 20.6 Å². The fourth-order valence-electron chi connectivity index (χ4n) is 2.81. The molecule has 1 aromatic carbocycles. The average Bonchev–Trinajstić information content (AvgIpc) is 3.42. The lowest BCUT2D eigenvalue weighted by molar-refractivity contribution is -0.116. The van der Waals surface area contributed by atoms with Gasteiger partial charge in [0.1, 0.15) is 5.82 Å². The van der Waals surface area contributed by atoms with E-state index >= 15 is 0 Å². The molecule has 4 aromatic rings. The highest BCUT2D eigenvalue weighted by Crippen LogP contribution is 2.19. The molecule has 0 aliphatic rings. The van der Waals surface area contributed by atoms with Crippen LogP contribution in [0.2, 0.25) is 0 Å². The quantitative estimate of drug-likeness (QED) is 0.514. The molecule has 0 aliphatic carbocycles. The number of aryl methyl sites for hydroxylation is 2. The number of benzene rings is 1. The van der Waals surface area contributed by atoms with Gasteiger partial charge < -0.3 is 9.84 Å². The molecule has 8 heteroatoms. The number of hydrogen-bond donors (Lipinski definition) is 1. The van der Waals surface area contributed by atoms with Crippen molar-refractivity contribution in [2.24, 2.45) is 0 Å². The Morgan fingerprint density at radius 3 is 2.89 bits per heavy atom. The van der Waals surface area contributed by atoms with Gasteiger partial charge in [0.05, 0.1) is 12.2 Å². The van der Waals surface area contributed by atoms with E-state index in [1.54, 1.807) is 16.0 Å². The number of aromatic nitrogens is 4. The van der Waals surface area contributed by atoms with Gasteiger partial charge in [0, 0.05) is 29.9 Å². The lowest BCUT2D eigenvalue weighted by Gasteiger charge is -2.08. The first-order valence-electron chi connectivity index (χ1n) is 8.91. The van der Waals surface area contributed by atoms with Crippen LogP contribution in [0.15, 0.2) is 57.7 Å². The van der Waals surface area contributed by atoms with Crippen molar-refractivity contribution in [1.29, 1.82) is 0 Å². The second-order valence-electron chi connectivity index (χ2n) is 6.39. The second-order valence-corrected chi connectivity index (χ2v) is 7.17. The van der Waals surface area contributed by atoms with Crippen LogP contribution in [-0.4, -0.2) is 25.8 Å². The van der Waals surface area contributed by atoms with E-state index in [-0.39, 0.29) is 12.3 Å². The largest absolute Gasteiger partial charge is 0.339 e. The Kier molecular flexibility index (Phi) is 5.29. The maximum absolute atomic E-state index is 12.4. The van der Waals surface area contributed by atoms with Gasteiger partial charge in [-0.2, -0.15) is 21.4 Å². The van der Waals surface area contributed by atoms with Crippen molar-refractivity contribution >= 4 is 23.1 Å². The molecule has 0 spiro atoms. The Bertz CT molecular complexity index is 1050. The summed E-state index contributed by atoms with van der Waals surface area (Å²) in [6.45, 7) is 2.50. The molecule has 4 rings (SSSR count). The van der Waals surface area contributed by atoms with E-state index in [1.807, 2.05) is 60.1 Å². The summed E-state index contributed by atoms with van der Waals surface area (Å²) in [5.74, 6) is 1.55. The van der Waals surface area contributed by atoms with Gasteiger partial charge in [-0.15, -0.1) is 0 Å². The summed E-state index contributed by atoms with van der Waals surface area (Å²) in [4.78, 5) is 16.7. The highest BCUT2D eigenvalue weighted by atomic mass is 32.1. The fraction of sp³-hybridized carbons (Fsp3) is 0.200. The molecule has 0 unspecified atom stereocenters. The zero-order valence-electron chi connectivity index (χ0n) is 15.3. The van der Waals surface area contributed by atoms with Gasteiger partial charge in [0.25, 0.3) is 0 Å². The molecule has 0 atom stereocenters. The number of anilines is 1. The summed E-state index contributed by atoms with van der Waals surface area (Å²) >= 11 is 1.57. The summed E-state index contributed by atoms with van der Waals surface area (Å²) < 4.78 is 7.04. The Morgan fingerprint density at radius 1 is 1.25 bits per heavy atom. The van der Waals surface area contributed by atoms with Crippen molar-refractivity contribution in [3.8, 4) is 11.4 Å². The van der Waals surface area contributed by atoms with Gasteiger partial charge in [0.15, 0.2) is 0 Å². The highest BCUT2D eigenvalue weighted by molar-refractivity contribution is 7.08. The maximum atomic E-state index is 12.4. The Labute approximate surface area is 166 Å². The van der Waals surface area contributed by atoms with Gasteiger partial charge in [0.2, 0.25) is 17.6 Å². The van der Waals surface area contributed by atoms with Crippen LogP contribution in [0.5, 0.6) is 0 Å². The van der Waals surface area contributed by atoms with Crippen LogP contribution in [0.4, 0.5) is 5.82 Å². The number of thiophene rings is 1. The van der Waals surface area contributed by atoms with Crippen molar-refractivity contribution in [3.05, 3.63) is 70.4 Å². The van der Waals surface area contributed by atoms with Gasteiger partial charge >= 0.3 is 0 Å². The predicted octanol–water partition coefficient (Wildman–Crippen LogP) is 3.92. The smallest absolute Gasteiger partial charge is 0.227 e.